The maximum Gasteiger partial charge on any atom is 0.494 e. The average molecular weight is 1460 g/mol. The van der Waals surface area contributed by atoms with E-state index in [2.05, 4.69) is 314 Å². The normalized spacial score (nSPS) is 14.3. The molecule has 0 spiro atoms. The minimum Gasteiger partial charge on any atom is -0.399 e. The summed E-state index contributed by atoms with van der Waals surface area (Å²) < 4.78 is 24.6. The van der Waals surface area contributed by atoms with E-state index < -0.39 is 0 Å². The lowest BCUT2D eigenvalue weighted by Gasteiger charge is -2.32. The van der Waals surface area contributed by atoms with Crippen LogP contribution in [0.15, 0.2) is 334 Å². The Balaban J connectivity index is 0.000000156. The van der Waals surface area contributed by atoms with Crippen LogP contribution in [0, 0.1) is 0 Å². The molecule has 18 rings (SSSR count). The van der Waals surface area contributed by atoms with Crippen molar-refractivity contribution in [2.24, 2.45) is 0 Å². The van der Waals surface area contributed by atoms with Crippen LogP contribution in [-0.2, 0) is 18.6 Å². The van der Waals surface area contributed by atoms with Crippen molar-refractivity contribution in [3.05, 3.63) is 339 Å². The molecule has 0 unspecified atom stereocenters. The van der Waals surface area contributed by atoms with Gasteiger partial charge in [0.2, 0.25) is 5.28 Å². The molecule has 13 aromatic carbocycles. The number of hydrogen-bond donors (Lipinski definition) is 0. The molecule has 14 heteroatoms. The predicted octanol–water partition coefficient (Wildman–Crippen LogP) is 23.1. The van der Waals surface area contributed by atoms with Crippen LogP contribution in [0.4, 0.5) is 0 Å². The van der Waals surface area contributed by atoms with E-state index in [1.54, 1.807) is 0 Å². The molecule has 541 valence electrons. The lowest BCUT2D eigenvalue weighted by atomic mass is 9.77. The standard InChI is InChI=1S/C52H34N4.C24H32B2O4.C20H13ClN2.CH4.B/c1-3-13-39(14-4-1)47-33-49(45-29-23-35-11-7-9-17-43(35)31-45)55-51(53-47)41-25-19-37(20-26-41)38-21-27-42(28-22-38)52-54-48(40-15-5-2-6-16-40)34-50(56-52)46-30-24-36-12-8-10-18-44(36)32-46;1-21(2)22(3,4)28-25(27-21)19-13-9-17(10-14-19)18-11-15-20(16-12-18)26-29-23(5,6)24(7,8)30-26;21-20-22-18(15-7-2-1-3-8-15)13-19(23-20)17-11-10-14-6-4-5-9-16(14)12-17;;/h1-34H;9-16H,1-8H3;1-13H;1H4;. The van der Waals surface area contributed by atoms with Crippen molar-refractivity contribution in [2.45, 2.75) is 85.2 Å². The van der Waals surface area contributed by atoms with E-state index in [0.29, 0.717) is 11.6 Å². The van der Waals surface area contributed by atoms with Gasteiger partial charge in [0.25, 0.3) is 0 Å². The van der Waals surface area contributed by atoms with E-state index in [1.807, 2.05) is 84.9 Å². The SMILES string of the molecule is C.CC1(C)OB(c2ccc(-c3ccc(B4OC(C)(C)C(C)(C)O4)cc3)cc2)OC1(C)C.Clc1nc(-c2ccccc2)cc(-c2ccc3ccccc3c2)n1.[B].c1ccc(-c2cc(-c3ccc4ccccc4c3)nc(-c3ccc(-c4ccc(-c5nc(-c6ccccc6)cc(-c6ccc7ccccc7c6)n5)cc4)cc3)n2)cc1. The molecule has 0 aliphatic carbocycles. The van der Waals surface area contributed by atoms with Gasteiger partial charge in [0.05, 0.1) is 56.6 Å². The first kappa shape index (κ1) is 76.0. The molecule has 2 saturated heterocycles. The Kier molecular flexibility index (Phi) is 21.9. The van der Waals surface area contributed by atoms with Crippen LogP contribution in [0.5, 0.6) is 0 Å². The smallest absolute Gasteiger partial charge is 0.399 e. The number of halogens is 1. The van der Waals surface area contributed by atoms with Gasteiger partial charge >= 0.3 is 14.2 Å². The van der Waals surface area contributed by atoms with Crippen molar-refractivity contribution in [3.8, 4) is 113 Å². The second-order valence-corrected chi connectivity index (χ2v) is 30.0. The Hall–Kier alpha value is -11.8. The molecule has 0 saturated carbocycles. The highest BCUT2D eigenvalue weighted by molar-refractivity contribution is 6.62. The maximum absolute atomic E-state index is 6.15. The summed E-state index contributed by atoms with van der Waals surface area (Å²) in [5.74, 6) is 1.38. The van der Waals surface area contributed by atoms with Gasteiger partial charge in [-0.1, -0.05) is 305 Å². The zero-order valence-corrected chi connectivity index (χ0v) is 63.4. The lowest BCUT2D eigenvalue weighted by Crippen LogP contribution is -2.41. The third-order valence-corrected chi connectivity index (χ3v) is 21.5. The van der Waals surface area contributed by atoms with Crippen LogP contribution in [0.25, 0.3) is 145 Å². The summed E-state index contributed by atoms with van der Waals surface area (Å²) in [6, 6.07) is 115. The third-order valence-electron chi connectivity index (χ3n) is 21.3. The molecule has 0 amide bonds. The summed E-state index contributed by atoms with van der Waals surface area (Å²) in [4.78, 5) is 29.1. The molecule has 2 fully saturated rings. The first-order chi connectivity index (χ1) is 52.8. The third kappa shape index (κ3) is 16.6. The summed E-state index contributed by atoms with van der Waals surface area (Å²) in [6.07, 6.45) is 0. The lowest BCUT2D eigenvalue weighted by molar-refractivity contribution is 0.00578. The fraction of sp³-hybridized carbons (Fsp3) is 0.134. The van der Waals surface area contributed by atoms with E-state index in [1.165, 1.54) is 32.3 Å². The van der Waals surface area contributed by atoms with Crippen LogP contribution in [0.3, 0.4) is 0 Å². The topological polar surface area (TPSA) is 114 Å². The summed E-state index contributed by atoms with van der Waals surface area (Å²) in [5.41, 5.74) is 18.6. The highest BCUT2D eigenvalue weighted by Crippen LogP contribution is 2.40. The molecular weight excluding hydrogens is 1380 g/mol. The highest BCUT2D eigenvalue weighted by Gasteiger charge is 2.53. The predicted molar refractivity (Wildman–Crippen MR) is 462 cm³/mol. The fourth-order valence-corrected chi connectivity index (χ4v) is 13.8. The molecule has 2 aliphatic rings. The summed E-state index contributed by atoms with van der Waals surface area (Å²) >= 11 is 6.15. The number of rotatable bonds is 12. The molecule has 2 aliphatic heterocycles. The molecular formula is C97H83B3ClN6O4. The zero-order valence-electron chi connectivity index (χ0n) is 62.7. The molecule has 0 atom stereocenters. The average Bonchev–Trinajstić information content (AvgIpc) is 1.62. The van der Waals surface area contributed by atoms with Crippen molar-refractivity contribution in [1.82, 2.24) is 29.9 Å². The van der Waals surface area contributed by atoms with Crippen LogP contribution < -0.4 is 10.9 Å². The van der Waals surface area contributed by atoms with Crippen LogP contribution in [0.2, 0.25) is 5.28 Å². The Morgan fingerprint density at radius 1 is 0.225 bits per heavy atom. The first-order valence-corrected chi connectivity index (χ1v) is 37.3. The second kappa shape index (κ2) is 32.0. The summed E-state index contributed by atoms with van der Waals surface area (Å²) in [5, 5.41) is 7.42. The quantitative estimate of drug-likeness (QED) is 0.0865. The minimum absolute atomic E-state index is 0. The largest absolute Gasteiger partial charge is 0.494 e. The van der Waals surface area contributed by atoms with Gasteiger partial charge in [0.15, 0.2) is 11.6 Å². The highest BCUT2D eigenvalue weighted by atomic mass is 35.5. The Bertz CT molecular complexity index is 5640. The van der Waals surface area contributed by atoms with E-state index in [9.17, 15) is 0 Å². The zero-order chi connectivity index (χ0) is 74.9. The maximum atomic E-state index is 6.15. The number of hydrogen-bond acceptors (Lipinski definition) is 10. The van der Waals surface area contributed by atoms with Gasteiger partial charge in [-0.05, 0) is 169 Å². The van der Waals surface area contributed by atoms with Crippen LogP contribution >= 0.6 is 11.6 Å². The van der Waals surface area contributed by atoms with E-state index >= 15 is 0 Å². The van der Waals surface area contributed by atoms with Gasteiger partial charge < -0.3 is 18.6 Å². The van der Waals surface area contributed by atoms with Gasteiger partial charge in [0, 0.05) is 52.9 Å². The Morgan fingerprint density at radius 3 is 0.730 bits per heavy atom. The summed E-state index contributed by atoms with van der Waals surface area (Å²) in [7, 11) is -0.676. The molecule has 5 heterocycles. The van der Waals surface area contributed by atoms with Crippen LogP contribution in [0.1, 0.15) is 62.8 Å². The van der Waals surface area contributed by atoms with Gasteiger partial charge in [-0.3, -0.25) is 0 Å². The number of nitrogens with zero attached hydrogens (tertiary/aromatic N) is 6. The first-order valence-electron chi connectivity index (χ1n) is 36.9. The van der Waals surface area contributed by atoms with Gasteiger partial charge in [-0.2, -0.15) is 0 Å². The molecule has 0 bridgehead atoms. The minimum atomic E-state index is -0.338. The van der Waals surface area contributed by atoms with Gasteiger partial charge in [-0.25, -0.2) is 29.9 Å². The fourth-order valence-electron chi connectivity index (χ4n) is 13.6. The molecule has 10 nitrogen and oxygen atoms in total. The molecule has 111 heavy (non-hydrogen) atoms. The number of fused-ring (bicyclic) bond motifs is 3. The number of aromatic nitrogens is 6. The Morgan fingerprint density at radius 2 is 0.441 bits per heavy atom. The second-order valence-electron chi connectivity index (χ2n) is 29.7. The van der Waals surface area contributed by atoms with Crippen molar-refractivity contribution >= 4 is 77.5 Å². The van der Waals surface area contributed by atoms with Gasteiger partial charge in [-0.15, -0.1) is 0 Å². The molecule has 3 aromatic heterocycles. The van der Waals surface area contributed by atoms with Crippen LogP contribution in [-0.4, -0.2) is 75.0 Å². The van der Waals surface area contributed by atoms with Crippen molar-refractivity contribution in [1.29, 1.82) is 0 Å². The molecule has 3 radical (unpaired) electrons. The number of benzene rings is 13. The van der Waals surface area contributed by atoms with E-state index in [4.69, 9.17) is 50.2 Å². The molecule has 0 N–H and O–H groups in total. The van der Waals surface area contributed by atoms with E-state index in [-0.39, 0.29) is 57.8 Å². The van der Waals surface area contributed by atoms with Gasteiger partial charge in [0.1, 0.15) is 0 Å². The summed E-state index contributed by atoms with van der Waals surface area (Å²) in [6.45, 7) is 16.6. The molecule has 16 aromatic rings. The van der Waals surface area contributed by atoms with Crippen molar-refractivity contribution in [2.75, 3.05) is 0 Å². The van der Waals surface area contributed by atoms with Crippen molar-refractivity contribution in [3.63, 3.8) is 0 Å². The van der Waals surface area contributed by atoms with E-state index in [0.717, 1.165) is 112 Å². The monoisotopic (exact) mass is 1460 g/mol. The Labute approximate surface area is 658 Å². The van der Waals surface area contributed by atoms with Crippen molar-refractivity contribution < 1.29 is 18.6 Å².